The van der Waals surface area contributed by atoms with Crippen LogP contribution in [0.4, 0.5) is 5.69 Å². The topological polar surface area (TPSA) is 55.1 Å². The van der Waals surface area contributed by atoms with E-state index < -0.39 is 11.0 Å². The van der Waals surface area contributed by atoms with E-state index in [1.54, 1.807) is 6.26 Å². The molecule has 0 amide bonds. The molecule has 2 unspecified atom stereocenters. The van der Waals surface area contributed by atoms with Crippen molar-refractivity contribution < 1.29 is 4.21 Å². The van der Waals surface area contributed by atoms with Crippen molar-refractivity contribution in [3.63, 3.8) is 0 Å². The summed E-state index contributed by atoms with van der Waals surface area (Å²) in [6.07, 6.45) is 3.70. The van der Waals surface area contributed by atoms with Gasteiger partial charge in [-0.2, -0.15) is 0 Å². The Balaban J connectivity index is 2.26. The van der Waals surface area contributed by atoms with Crippen molar-refractivity contribution in [3.8, 4) is 0 Å². The first kappa shape index (κ1) is 9.68. The van der Waals surface area contributed by atoms with Crippen LogP contribution < -0.4 is 10.5 Å². The summed E-state index contributed by atoms with van der Waals surface area (Å²) >= 11 is 0. The summed E-state index contributed by atoms with van der Waals surface area (Å²) in [4.78, 5) is 0. The molecule has 14 heavy (non-hydrogen) atoms. The maximum Gasteiger partial charge on any atom is 0.0889 e. The van der Waals surface area contributed by atoms with Gasteiger partial charge >= 0.3 is 0 Å². The maximum atomic E-state index is 11.1. The number of rotatable bonds is 2. The van der Waals surface area contributed by atoms with Crippen LogP contribution in [0.1, 0.15) is 23.6 Å². The van der Waals surface area contributed by atoms with E-state index in [1.165, 1.54) is 11.1 Å². The van der Waals surface area contributed by atoms with Crippen LogP contribution in [-0.2, 0) is 17.4 Å². The van der Waals surface area contributed by atoms with Crippen LogP contribution in [0.15, 0.2) is 18.2 Å². The van der Waals surface area contributed by atoms with Gasteiger partial charge in [0.15, 0.2) is 0 Å². The molecule has 2 rings (SSSR count). The van der Waals surface area contributed by atoms with Gasteiger partial charge in [-0.25, -0.2) is 8.93 Å². The standard InChI is InChI=1S/C10H14N2OS/c1-14(13)12-10-5-2-7-6-8(11)3-4-9(7)10/h3-4,6,10,12H,2,5,11H2,1H3. The lowest BCUT2D eigenvalue weighted by Gasteiger charge is -2.11. The quantitative estimate of drug-likeness (QED) is 0.719. The van der Waals surface area contributed by atoms with Crippen LogP contribution in [0, 0.1) is 0 Å². The summed E-state index contributed by atoms with van der Waals surface area (Å²) in [6.45, 7) is 0. The highest BCUT2D eigenvalue weighted by molar-refractivity contribution is 7.82. The number of nitrogen functional groups attached to an aromatic ring is 1. The molecule has 0 radical (unpaired) electrons. The van der Waals surface area contributed by atoms with E-state index in [0.29, 0.717) is 0 Å². The van der Waals surface area contributed by atoms with Crippen molar-refractivity contribution in [2.24, 2.45) is 0 Å². The van der Waals surface area contributed by atoms with Crippen LogP contribution in [0.5, 0.6) is 0 Å². The molecule has 4 heteroatoms. The first-order chi connectivity index (χ1) is 6.66. The smallest absolute Gasteiger partial charge is 0.0889 e. The number of benzene rings is 1. The van der Waals surface area contributed by atoms with Gasteiger partial charge < -0.3 is 5.73 Å². The van der Waals surface area contributed by atoms with Crippen LogP contribution >= 0.6 is 0 Å². The van der Waals surface area contributed by atoms with Gasteiger partial charge in [-0.1, -0.05) is 6.07 Å². The molecule has 0 heterocycles. The first-order valence-corrected chi connectivity index (χ1v) is 6.20. The van der Waals surface area contributed by atoms with Gasteiger partial charge in [0, 0.05) is 18.0 Å². The molecule has 2 atom stereocenters. The fraction of sp³-hybridized carbons (Fsp3) is 0.400. The normalized spacial score (nSPS) is 21.9. The predicted octanol–water partition coefficient (Wildman–Crippen LogP) is 1.14. The molecule has 0 aromatic heterocycles. The third kappa shape index (κ3) is 1.81. The lowest BCUT2D eigenvalue weighted by atomic mass is 10.1. The van der Waals surface area contributed by atoms with E-state index in [1.807, 2.05) is 18.2 Å². The lowest BCUT2D eigenvalue weighted by Crippen LogP contribution is -2.20. The van der Waals surface area contributed by atoms with E-state index in [9.17, 15) is 4.21 Å². The summed E-state index contributed by atoms with van der Waals surface area (Å²) in [5.74, 6) is 0. The third-order valence-corrected chi connectivity index (χ3v) is 3.17. The van der Waals surface area contributed by atoms with E-state index in [4.69, 9.17) is 5.73 Å². The highest BCUT2D eigenvalue weighted by Gasteiger charge is 2.22. The highest BCUT2D eigenvalue weighted by Crippen LogP contribution is 2.32. The largest absolute Gasteiger partial charge is 0.399 e. The van der Waals surface area contributed by atoms with Gasteiger partial charge in [-0.15, -0.1) is 0 Å². The SMILES string of the molecule is CS(=O)NC1CCc2cc(N)ccc21. The number of hydrogen-bond donors (Lipinski definition) is 2. The molecule has 0 fully saturated rings. The molecule has 1 aliphatic rings. The van der Waals surface area contributed by atoms with Gasteiger partial charge in [-0.3, -0.25) is 0 Å². The van der Waals surface area contributed by atoms with Crippen LogP contribution in [0.2, 0.25) is 0 Å². The van der Waals surface area contributed by atoms with E-state index in [0.717, 1.165) is 18.5 Å². The zero-order valence-electron chi connectivity index (χ0n) is 8.12. The summed E-state index contributed by atoms with van der Waals surface area (Å²) in [5.41, 5.74) is 9.03. The summed E-state index contributed by atoms with van der Waals surface area (Å²) in [5, 5.41) is 0. The van der Waals surface area contributed by atoms with Crippen molar-refractivity contribution in [1.82, 2.24) is 4.72 Å². The number of fused-ring (bicyclic) bond motifs is 1. The molecule has 0 saturated carbocycles. The van der Waals surface area contributed by atoms with Gasteiger partial charge in [0.25, 0.3) is 0 Å². The van der Waals surface area contributed by atoms with Crippen molar-refractivity contribution in [3.05, 3.63) is 29.3 Å². The number of nitrogens with two attached hydrogens (primary N) is 1. The molecule has 3 N–H and O–H groups in total. The number of anilines is 1. The average molecular weight is 210 g/mol. The molecular formula is C10H14N2OS. The fourth-order valence-corrected chi connectivity index (χ4v) is 2.61. The molecular weight excluding hydrogens is 196 g/mol. The molecule has 0 spiro atoms. The zero-order chi connectivity index (χ0) is 10.1. The Morgan fingerprint density at radius 1 is 1.57 bits per heavy atom. The average Bonchev–Trinajstić information content (AvgIpc) is 2.47. The maximum absolute atomic E-state index is 11.1. The van der Waals surface area contributed by atoms with Crippen LogP contribution in [0.3, 0.4) is 0 Å². The van der Waals surface area contributed by atoms with Crippen molar-refractivity contribution in [2.45, 2.75) is 18.9 Å². The lowest BCUT2D eigenvalue weighted by molar-refractivity contribution is 0.626. The molecule has 3 nitrogen and oxygen atoms in total. The number of nitrogens with one attached hydrogen (secondary N) is 1. The monoisotopic (exact) mass is 210 g/mol. The summed E-state index contributed by atoms with van der Waals surface area (Å²) in [7, 11) is -0.949. The van der Waals surface area contributed by atoms with E-state index in [-0.39, 0.29) is 6.04 Å². The molecule has 0 aliphatic heterocycles. The van der Waals surface area contributed by atoms with Gasteiger partial charge in [-0.05, 0) is 36.1 Å². The Hall–Kier alpha value is -0.870. The second-order valence-electron chi connectivity index (χ2n) is 3.62. The van der Waals surface area contributed by atoms with Gasteiger partial charge in [0.1, 0.15) is 0 Å². The second-order valence-corrected chi connectivity index (χ2v) is 4.77. The number of hydrogen-bond acceptors (Lipinski definition) is 2. The summed E-state index contributed by atoms with van der Waals surface area (Å²) in [6, 6.07) is 6.17. The molecule has 1 aromatic rings. The molecule has 1 aliphatic carbocycles. The fourth-order valence-electron chi connectivity index (χ4n) is 1.96. The van der Waals surface area contributed by atoms with E-state index >= 15 is 0 Å². The number of aryl methyl sites for hydroxylation is 1. The highest BCUT2D eigenvalue weighted by atomic mass is 32.2. The third-order valence-electron chi connectivity index (χ3n) is 2.55. The Morgan fingerprint density at radius 2 is 2.36 bits per heavy atom. The van der Waals surface area contributed by atoms with Crippen molar-refractivity contribution >= 4 is 16.7 Å². The van der Waals surface area contributed by atoms with E-state index in [2.05, 4.69) is 4.72 Å². The van der Waals surface area contributed by atoms with Gasteiger partial charge in [0.05, 0.1) is 11.0 Å². The minimum absolute atomic E-state index is 0.233. The minimum Gasteiger partial charge on any atom is -0.399 e. The Bertz CT molecular complexity index is 378. The Morgan fingerprint density at radius 3 is 3.07 bits per heavy atom. The molecule has 1 aromatic carbocycles. The minimum atomic E-state index is -0.949. The first-order valence-electron chi connectivity index (χ1n) is 4.64. The van der Waals surface area contributed by atoms with Crippen LogP contribution in [-0.4, -0.2) is 10.5 Å². The van der Waals surface area contributed by atoms with Gasteiger partial charge in [0.2, 0.25) is 0 Å². The second kappa shape index (κ2) is 3.71. The molecule has 0 bridgehead atoms. The Kier molecular flexibility index (Phi) is 2.56. The van der Waals surface area contributed by atoms with Crippen LogP contribution in [0.25, 0.3) is 0 Å². The van der Waals surface area contributed by atoms with Crippen molar-refractivity contribution in [2.75, 3.05) is 12.0 Å². The Labute approximate surface area is 86.3 Å². The predicted molar refractivity (Wildman–Crippen MR) is 59.1 cm³/mol. The van der Waals surface area contributed by atoms with Crippen molar-refractivity contribution in [1.29, 1.82) is 0 Å². The zero-order valence-corrected chi connectivity index (χ0v) is 8.93. The summed E-state index contributed by atoms with van der Waals surface area (Å²) < 4.78 is 14.1. The molecule has 0 saturated heterocycles. The molecule has 76 valence electrons.